The highest BCUT2D eigenvalue weighted by molar-refractivity contribution is 6.31. The molecule has 26 heavy (non-hydrogen) atoms. The van der Waals surface area contributed by atoms with Crippen molar-refractivity contribution in [2.24, 2.45) is 5.92 Å². The second-order valence-corrected chi connectivity index (χ2v) is 6.85. The maximum absolute atomic E-state index is 12.5. The Morgan fingerprint density at radius 1 is 1.15 bits per heavy atom. The van der Waals surface area contributed by atoms with E-state index in [2.05, 4.69) is 19.2 Å². The van der Waals surface area contributed by atoms with Gasteiger partial charge in [-0.3, -0.25) is 4.79 Å². The van der Waals surface area contributed by atoms with E-state index in [9.17, 15) is 4.79 Å². The van der Waals surface area contributed by atoms with Crippen molar-refractivity contribution in [3.63, 3.8) is 0 Å². The summed E-state index contributed by atoms with van der Waals surface area (Å²) in [7, 11) is 0. The van der Waals surface area contributed by atoms with E-state index in [4.69, 9.17) is 21.1 Å². The minimum atomic E-state index is -0.155. The SMILES string of the molecule is CCOc1ccc(C(=O)NCc2ccccc2Cl)cc1COCC(C)C. The summed E-state index contributed by atoms with van der Waals surface area (Å²) in [5, 5.41) is 3.55. The molecule has 2 aromatic carbocycles. The van der Waals surface area contributed by atoms with Crippen molar-refractivity contribution in [1.29, 1.82) is 0 Å². The molecule has 0 bridgehead atoms. The predicted molar refractivity (Wildman–Crippen MR) is 105 cm³/mol. The Kier molecular flexibility index (Phi) is 7.95. The third-order valence-corrected chi connectivity index (χ3v) is 4.10. The lowest BCUT2D eigenvalue weighted by atomic mass is 10.1. The second kappa shape index (κ2) is 10.2. The number of hydrogen-bond acceptors (Lipinski definition) is 3. The Labute approximate surface area is 160 Å². The molecule has 4 nitrogen and oxygen atoms in total. The number of carbonyl (C=O) groups excluding carboxylic acids is 1. The van der Waals surface area contributed by atoms with Crippen LogP contribution < -0.4 is 10.1 Å². The summed E-state index contributed by atoms with van der Waals surface area (Å²) >= 11 is 6.13. The molecular formula is C21H26ClNO3. The van der Waals surface area contributed by atoms with Gasteiger partial charge < -0.3 is 14.8 Å². The molecule has 2 aromatic rings. The van der Waals surface area contributed by atoms with Crippen LogP contribution in [0.1, 0.15) is 42.3 Å². The first kappa shape index (κ1) is 20.3. The average Bonchev–Trinajstić information content (AvgIpc) is 2.62. The Morgan fingerprint density at radius 3 is 2.62 bits per heavy atom. The van der Waals surface area contributed by atoms with Crippen molar-refractivity contribution in [2.45, 2.75) is 33.9 Å². The Bertz CT molecular complexity index is 731. The van der Waals surface area contributed by atoms with Crippen molar-refractivity contribution in [1.82, 2.24) is 5.32 Å². The summed E-state index contributed by atoms with van der Waals surface area (Å²) in [5.41, 5.74) is 2.33. The molecule has 0 atom stereocenters. The second-order valence-electron chi connectivity index (χ2n) is 6.44. The van der Waals surface area contributed by atoms with Gasteiger partial charge in [0.2, 0.25) is 0 Å². The summed E-state index contributed by atoms with van der Waals surface area (Å²) in [4.78, 5) is 12.5. The number of nitrogens with one attached hydrogen (secondary N) is 1. The first-order valence-electron chi connectivity index (χ1n) is 8.86. The van der Waals surface area contributed by atoms with Crippen LogP contribution in [0, 0.1) is 5.92 Å². The van der Waals surface area contributed by atoms with Gasteiger partial charge in [0.05, 0.1) is 13.2 Å². The molecule has 1 amide bonds. The molecule has 0 aromatic heterocycles. The molecule has 5 heteroatoms. The molecule has 140 valence electrons. The standard InChI is InChI=1S/C21H26ClNO3/c1-4-26-20-10-9-16(11-18(20)14-25-13-15(2)3)21(24)23-12-17-7-5-6-8-19(17)22/h5-11,15H,4,12-14H2,1-3H3,(H,23,24). The van der Waals surface area contributed by atoms with E-state index in [0.717, 1.165) is 16.9 Å². The van der Waals surface area contributed by atoms with E-state index < -0.39 is 0 Å². The third kappa shape index (κ3) is 6.04. The molecule has 0 aliphatic rings. The Balaban J connectivity index is 2.07. The zero-order chi connectivity index (χ0) is 18.9. The molecular weight excluding hydrogens is 350 g/mol. The van der Waals surface area contributed by atoms with Gasteiger partial charge >= 0.3 is 0 Å². The highest BCUT2D eigenvalue weighted by atomic mass is 35.5. The van der Waals surface area contributed by atoms with Crippen LogP contribution in [0.15, 0.2) is 42.5 Å². The highest BCUT2D eigenvalue weighted by Gasteiger charge is 2.12. The van der Waals surface area contributed by atoms with Crippen molar-refractivity contribution in [3.8, 4) is 5.75 Å². The van der Waals surface area contributed by atoms with Gasteiger partial charge in [0.15, 0.2) is 0 Å². The lowest BCUT2D eigenvalue weighted by molar-refractivity contribution is 0.0935. The maximum atomic E-state index is 12.5. The van der Waals surface area contributed by atoms with E-state index in [1.54, 1.807) is 6.07 Å². The number of hydrogen-bond donors (Lipinski definition) is 1. The molecule has 0 saturated heterocycles. The van der Waals surface area contributed by atoms with E-state index in [1.165, 1.54) is 0 Å². The summed E-state index contributed by atoms with van der Waals surface area (Å²) in [5.74, 6) is 1.05. The van der Waals surface area contributed by atoms with Crippen LogP contribution in [0.5, 0.6) is 5.75 Å². The minimum absolute atomic E-state index is 0.155. The summed E-state index contributed by atoms with van der Waals surface area (Å²) in [6.07, 6.45) is 0. The summed E-state index contributed by atoms with van der Waals surface area (Å²) in [6.45, 7) is 8.15. The Hall–Kier alpha value is -2.04. The van der Waals surface area contributed by atoms with Crippen molar-refractivity contribution in [3.05, 3.63) is 64.2 Å². The first-order valence-corrected chi connectivity index (χ1v) is 9.24. The third-order valence-electron chi connectivity index (χ3n) is 3.73. The van der Waals surface area contributed by atoms with Gasteiger partial charge in [-0.05, 0) is 42.7 Å². The summed E-state index contributed by atoms with van der Waals surface area (Å²) in [6, 6.07) is 12.9. The van der Waals surface area contributed by atoms with Gasteiger partial charge in [0.1, 0.15) is 5.75 Å². The minimum Gasteiger partial charge on any atom is -0.494 e. The van der Waals surface area contributed by atoms with Crippen molar-refractivity contribution in [2.75, 3.05) is 13.2 Å². The molecule has 0 aliphatic carbocycles. The van der Waals surface area contributed by atoms with Crippen LogP contribution in [-0.4, -0.2) is 19.1 Å². The molecule has 0 fully saturated rings. The topological polar surface area (TPSA) is 47.6 Å². The smallest absolute Gasteiger partial charge is 0.251 e. The molecule has 0 aliphatic heterocycles. The fourth-order valence-corrected chi connectivity index (χ4v) is 2.66. The molecule has 2 rings (SSSR count). The van der Waals surface area contributed by atoms with Crippen LogP contribution in [0.25, 0.3) is 0 Å². The lowest BCUT2D eigenvalue weighted by Gasteiger charge is -2.14. The van der Waals surface area contributed by atoms with E-state index >= 15 is 0 Å². The highest BCUT2D eigenvalue weighted by Crippen LogP contribution is 2.22. The average molecular weight is 376 g/mol. The largest absolute Gasteiger partial charge is 0.494 e. The van der Waals surface area contributed by atoms with Crippen LogP contribution in [0.2, 0.25) is 5.02 Å². The molecule has 1 N–H and O–H groups in total. The predicted octanol–water partition coefficient (Wildman–Crippen LogP) is 4.84. The van der Waals surface area contributed by atoms with Gasteiger partial charge in [-0.25, -0.2) is 0 Å². The van der Waals surface area contributed by atoms with Gasteiger partial charge in [-0.1, -0.05) is 43.6 Å². The monoisotopic (exact) mass is 375 g/mol. The zero-order valence-electron chi connectivity index (χ0n) is 15.5. The van der Waals surface area contributed by atoms with E-state index in [1.807, 2.05) is 43.3 Å². The van der Waals surface area contributed by atoms with Gasteiger partial charge in [-0.2, -0.15) is 0 Å². The molecule has 0 unspecified atom stereocenters. The lowest BCUT2D eigenvalue weighted by Crippen LogP contribution is -2.23. The maximum Gasteiger partial charge on any atom is 0.251 e. The van der Waals surface area contributed by atoms with Gasteiger partial charge in [0.25, 0.3) is 5.91 Å². The van der Waals surface area contributed by atoms with Gasteiger partial charge in [-0.15, -0.1) is 0 Å². The number of ether oxygens (including phenoxy) is 2. The van der Waals surface area contributed by atoms with Crippen LogP contribution in [0.3, 0.4) is 0 Å². The first-order chi connectivity index (χ1) is 12.5. The number of rotatable bonds is 9. The van der Waals surface area contributed by atoms with Crippen LogP contribution in [0.4, 0.5) is 0 Å². The normalized spacial score (nSPS) is 10.8. The molecule has 0 saturated carbocycles. The van der Waals surface area contributed by atoms with E-state index in [0.29, 0.717) is 42.9 Å². The number of halogens is 1. The van der Waals surface area contributed by atoms with Gasteiger partial charge in [0, 0.05) is 29.3 Å². The Morgan fingerprint density at radius 2 is 1.92 bits per heavy atom. The fourth-order valence-electron chi connectivity index (χ4n) is 2.45. The number of benzene rings is 2. The molecule has 0 heterocycles. The zero-order valence-corrected chi connectivity index (χ0v) is 16.3. The quantitative estimate of drug-likeness (QED) is 0.682. The van der Waals surface area contributed by atoms with Crippen molar-refractivity contribution < 1.29 is 14.3 Å². The van der Waals surface area contributed by atoms with Crippen LogP contribution in [-0.2, 0) is 17.9 Å². The number of carbonyl (C=O) groups is 1. The van der Waals surface area contributed by atoms with E-state index in [-0.39, 0.29) is 5.91 Å². The van der Waals surface area contributed by atoms with Crippen LogP contribution >= 0.6 is 11.6 Å². The fraction of sp³-hybridized carbons (Fsp3) is 0.381. The molecule has 0 radical (unpaired) electrons. The van der Waals surface area contributed by atoms with Crippen molar-refractivity contribution >= 4 is 17.5 Å². The number of amides is 1. The molecule has 0 spiro atoms. The summed E-state index contributed by atoms with van der Waals surface area (Å²) < 4.78 is 11.4.